The molecule has 0 unspecified atom stereocenters. The Morgan fingerprint density at radius 3 is 2.44 bits per heavy atom. The van der Waals surface area contributed by atoms with Gasteiger partial charge in [-0.15, -0.1) is 0 Å². The summed E-state index contributed by atoms with van der Waals surface area (Å²) in [5, 5.41) is 9.02. The second-order valence-electron chi connectivity index (χ2n) is 11.6. The van der Waals surface area contributed by atoms with Crippen molar-refractivity contribution in [3.05, 3.63) is 101 Å². The van der Waals surface area contributed by atoms with Gasteiger partial charge in [-0.25, -0.2) is 10.4 Å². The van der Waals surface area contributed by atoms with Gasteiger partial charge in [-0.2, -0.15) is 0 Å². The number of hydrogen-bond acceptors (Lipinski definition) is 8. The molecule has 1 heterocycles. The Morgan fingerprint density at radius 2 is 1.77 bits per heavy atom. The number of amides is 1. The van der Waals surface area contributed by atoms with Crippen LogP contribution in [0, 0.1) is 6.92 Å². The van der Waals surface area contributed by atoms with E-state index in [1.807, 2.05) is 94.4 Å². The predicted molar refractivity (Wildman–Crippen MR) is 164 cm³/mol. The first-order chi connectivity index (χ1) is 20.6. The molecule has 3 N–H and O–H groups in total. The lowest BCUT2D eigenvalue weighted by atomic mass is 9.83. The van der Waals surface area contributed by atoms with Crippen LogP contribution in [0.1, 0.15) is 68.4 Å². The highest BCUT2D eigenvalue weighted by molar-refractivity contribution is 6.01. The van der Waals surface area contributed by atoms with E-state index in [4.69, 9.17) is 24.3 Å². The van der Waals surface area contributed by atoms with Crippen LogP contribution in [0.15, 0.2) is 83.9 Å². The van der Waals surface area contributed by atoms with E-state index in [1.165, 1.54) is 0 Å². The van der Waals surface area contributed by atoms with Crippen molar-refractivity contribution >= 4 is 17.8 Å². The molecule has 1 aliphatic rings. The Bertz CT molecular complexity index is 1400. The minimum absolute atomic E-state index is 0.0380. The van der Waals surface area contributed by atoms with Crippen LogP contribution in [0.3, 0.4) is 0 Å². The van der Waals surface area contributed by atoms with Crippen molar-refractivity contribution < 1.29 is 28.9 Å². The molecule has 9 nitrogen and oxygen atoms in total. The van der Waals surface area contributed by atoms with Crippen molar-refractivity contribution in [2.45, 2.75) is 70.7 Å². The number of aliphatic hydroxyl groups is 1. The summed E-state index contributed by atoms with van der Waals surface area (Å²) >= 11 is 0. The Labute approximate surface area is 253 Å². The van der Waals surface area contributed by atoms with Crippen molar-refractivity contribution in [3.63, 3.8) is 0 Å². The quantitative estimate of drug-likeness (QED) is 0.147. The van der Waals surface area contributed by atoms with Gasteiger partial charge in [0.25, 0.3) is 5.91 Å². The average molecular weight is 588 g/mol. The molecule has 0 radical (unpaired) electrons. The van der Waals surface area contributed by atoms with Gasteiger partial charge in [0.15, 0.2) is 11.6 Å². The van der Waals surface area contributed by atoms with Crippen LogP contribution < -0.4 is 15.6 Å². The molecule has 1 amide bonds. The number of hydrazine groups is 1. The van der Waals surface area contributed by atoms with Gasteiger partial charge in [0.1, 0.15) is 11.4 Å². The molecule has 0 saturated carbocycles. The summed E-state index contributed by atoms with van der Waals surface area (Å²) in [6, 6.07) is 24.6. The number of aliphatic hydroxyl groups excluding tert-OH is 1. The van der Waals surface area contributed by atoms with Gasteiger partial charge in [0, 0.05) is 31.6 Å². The lowest BCUT2D eigenvalue weighted by Crippen LogP contribution is -2.52. The Morgan fingerprint density at radius 1 is 1.02 bits per heavy atom. The van der Waals surface area contributed by atoms with E-state index in [-0.39, 0.29) is 25.3 Å². The van der Waals surface area contributed by atoms with E-state index in [2.05, 4.69) is 10.9 Å². The molecular weight excluding hydrogens is 546 g/mol. The maximum absolute atomic E-state index is 14.1. The first-order valence-electron chi connectivity index (χ1n) is 14.6. The molecule has 0 spiro atoms. The van der Waals surface area contributed by atoms with Gasteiger partial charge in [-0.05, 0) is 69.5 Å². The van der Waals surface area contributed by atoms with E-state index >= 15 is 0 Å². The first-order valence-corrected chi connectivity index (χ1v) is 14.6. The van der Waals surface area contributed by atoms with Crippen molar-refractivity contribution in [1.29, 1.82) is 0 Å². The summed E-state index contributed by atoms with van der Waals surface area (Å²) in [6.07, 6.45) is -0.245. The Balaban J connectivity index is 1.66. The number of benzene rings is 3. The van der Waals surface area contributed by atoms with Gasteiger partial charge in [0.05, 0.1) is 6.61 Å². The molecule has 228 valence electrons. The number of hydrogen-bond donors (Lipinski definition) is 3. The van der Waals surface area contributed by atoms with Crippen LogP contribution in [0.5, 0.6) is 5.75 Å². The second-order valence-corrected chi connectivity index (χ2v) is 11.6. The number of esters is 1. The molecule has 0 aromatic heterocycles. The standard InChI is InChI=1S/C34H41N3O6/c1-24-10-8-11-25(22-24)23-35-37-32(40)34(19-18-29(39)43-33(2,3)4)30(26-12-6-5-7-13-26)42-31(36-34)27-14-16-28(17-15-27)41-21-9-20-38/h5-8,10-17,22,30,35,38H,9,18-21,23H2,1-4H3,(H,37,40)/t30-,34-/m0/s1. The fourth-order valence-corrected chi connectivity index (χ4v) is 4.84. The highest BCUT2D eigenvalue weighted by Crippen LogP contribution is 2.43. The second kappa shape index (κ2) is 14.3. The summed E-state index contributed by atoms with van der Waals surface area (Å²) in [4.78, 5) is 31.9. The highest BCUT2D eigenvalue weighted by Gasteiger charge is 2.53. The van der Waals surface area contributed by atoms with Crippen molar-refractivity contribution in [3.8, 4) is 5.75 Å². The van der Waals surface area contributed by atoms with Gasteiger partial charge in [0.2, 0.25) is 5.90 Å². The lowest BCUT2D eigenvalue weighted by molar-refractivity contribution is -0.155. The SMILES string of the molecule is Cc1cccc(CNNC(=O)[C@@]2(CCC(=O)OC(C)(C)C)N=C(c3ccc(OCCCO)cc3)O[C@H]2c2ccccc2)c1. The zero-order valence-electron chi connectivity index (χ0n) is 25.3. The smallest absolute Gasteiger partial charge is 0.306 e. The molecule has 0 fully saturated rings. The third kappa shape index (κ3) is 8.65. The summed E-state index contributed by atoms with van der Waals surface area (Å²) in [6.45, 7) is 8.28. The van der Waals surface area contributed by atoms with Crippen LogP contribution in [-0.2, 0) is 25.6 Å². The molecule has 1 aliphatic heterocycles. The van der Waals surface area contributed by atoms with Gasteiger partial charge >= 0.3 is 5.97 Å². The predicted octanol–water partition coefficient (Wildman–Crippen LogP) is 4.96. The Hall–Kier alpha value is -4.21. The number of aliphatic imine (C=N–C) groups is 1. The fourth-order valence-electron chi connectivity index (χ4n) is 4.84. The van der Waals surface area contributed by atoms with E-state index < -0.39 is 29.1 Å². The fraction of sp³-hybridized carbons (Fsp3) is 0.382. The molecule has 2 atom stereocenters. The molecule has 43 heavy (non-hydrogen) atoms. The lowest BCUT2D eigenvalue weighted by Gasteiger charge is -2.31. The first kappa shape index (κ1) is 31.7. The van der Waals surface area contributed by atoms with Crippen LogP contribution in [0.2, 0.25) is 0 Å². The van der Waals surface area contributed by atoms with Gasteiger partial charge in [-0.3, -0.25) is 15.0 Å². The zero-order valence-corrected chi connectivity index (χ0v) is 25.3. The van der Waals surface area contributed by atoms with E-state index in [0.717, 1.165) is 16.7 Å². The number of rotatable bonds is 13. The third-order valence-corrected chi connectivity index (χ3v) is 6.84. The topological polar surface area (TPSA) is 118 Å². The number of nitrogens with zero attached hydrogens (tertiary/aromatic N) is 1. The summed E-state index contributed by atoms with van der Waals surface area (Å²) in [5.74, 6) is 0.0854. The number of ether oxygens (including phenoxy) is 3. The Kier molecular flexibility index (Phi) is 10.6. The molecule has 0 saturated heterocycles. The van der Waals surface area contributed by atoms with E-state index in [0.29, 0.717) is 30.9 Å². The molecule has 3 aromatic carbocycles. The average Bonchev–Trinajstić information content (AvgIpc) is 3.37. The number of carbonyl (C=O) groups excluding carboxylic acids is 2. The van der Waals surface area contributed by atoms with Gasteiger partial charge in [-0.1, -0.05) is 60.2 Å². The maximum atomic E-state index is 14.1. The summed E-state index contributed by atoms with van der Waals surface area (Å²) in [7, 11) is 0. The van der Waals surface area contributed by atoms with Crippen molar-refractivity contribution in [2.24, 2.45) is 4.99 Å². The van der Waals surface area contributed by atoms with Crippen molar-refractivity contribution in [2.75, 3.05) is 13.2 Å². The van der Waals surface area contributed by atoms with Crippen molar-refractivity contribution in [1.82, 2.24) is 10.9 Å². The normalized spacial score (nSPS) is 18.0. The molecule has 4 rings (SSSR count). The van der Waals surface area contributed by atoms with E-state index in [1.54, 1.807) is 12.1 Å². The molecular formula is C34H41N3O6. The van der Waals surface area contributed by atoms with Crippen LogP contribution >= 0.6 is 0 Å². The highest BCUT2D eigenvalue weighted by atomic mass is 16.6. The number of nitrogens with one attached hydrogen (secondary N) is 2. The molecule has 9 heteroatoms. The maximum Gasteiger partial charge on any atom is 0.306 e. The van der Waals surface area contributed by atoms with E-state index in [9.17, 15) is 9.59 Å². The molecule has 0 aliphatic carbocycles. The molecule has 0 bridgehead atoms. The van der Waals surface area contributed by atoms with Crippen LogP contribution in [0.25, 0.3) is 0 Å². The minimum atomic E-state index is -1.47. The monoisotopic (exact) mass is 587 g/mol. The van der Waals surface area contributed by atoms with Gasteiger partial charge < -0.3 is 19.3 Å². The largest absolute Gasteiger partial charge is 0.494 e. The number of aryl methyl sites for hydroxylation is 1. The van der Waals surface area contributed by atoms with Crippen LogP contribution in [0.4, 0.5) is 0 Å². The summed E-state index contributed by atoms with van der Waals surface area (Å²) < 4.78 is 17.7. The minimum Gasteiger partial charge on any atom is -0.494 e. The zero-order chi connectivity index (χ0) is 30.9. The third-order valence-electron chi connectivity index (χ3n) is 6.84. The number of carbonyl (C=O) groups is 2. The van der Waals surface area contributed by atoms with Crippen LogP contribution in [-0.4, -0.2) is 47.2 Å². The summed E-state index contributed by atoms with van der Waals surface area (Å²) in [5.41, 5.74) is 7.30. The molecule has 3 aromatic rings.